The number of carbonyl (C=O) groups is 2. The molecule has 3 saturated carbocycles. The van der Waals surface area contributed by atoms with Gasteiger partial charge >= 0.3 is 11.9 Å². The molecule has 156 valence electrons. The zero-order chi connectivity index (χ0) is 20.3. The monoisotopic (exact) mass is 388 g/mol. The lowest BCUT2D eigenvalue weighted by molar-refractivity contribution is -0.152. The highest BCUT2D eigenvalue weighted by atomic mass is 16.5. The Morgan fingerprint density at radius 2 is 1.79 bits per heavy atom. The maximum atomic E-state index is 11.7. The Morgan fingerprint density at radius 1 is 1.11 bits per heavy atom. The average molecular weight is 389 g/mol. The third-order valence-corrected chi connectivity index (χ3v) is 9.43. The summed E-state index contributed by atoms with van der Waals surface area (Å²) >= 11 is 0. The van der Waals surface area contributed by atoms with E-state index in [9.17, 15) is 14.7 Å². The molecular formula is C24H36O4. The molecular weight excluding hydrogens is 352 g/mol. The van der Waals surface area contributed by atoms with Crippen LogP contribution in [-0.4, -0.2) is 23.1 Å². The Labute approximate surface area is 169 Å². The molecule has 0 aliphatic heterocycles. The summed E-state index contributed by atoms with van der Waals surface area (Å²) in [6.07, 6.45) is 11.3. The van der Waals surface area contributed by atoms with Crippen molar-refractivity contribution in [2.45, 2.75) is 85.2 Å². The fourth-order valence-electron chi connectivity index (χ4n) is 7.85. The van der Waals surface area contributed by atoms with Crippen LogP contribution in [0.4, 0.5) is 0 Å². The predicted octanol–water partition coefficient (Wildman–Crippen LogP) is 5.22. The van der Waals surface area contributed by atoms with Crippen molar-refractivity contribution in [1.82, 2.24) is 0 Å². The minimum atomic E-state index is -0.637. The average Bonchev–Trinajstić information content (AvgIpc) is 2.98. The molecule has 0 bridgehead atoms. The van der Waals surface area contributed by atoms with E-state index in [0.717, 1.165) is 44.9 Å². The van der Waals surface area contributed by atoms with Crippen LogP contribution in [0.25, 0.3) is 0 Å². The summed E-state index contributed by atoms with van der Waals surface area (Å²) in [5.41, 5.74) is 2.09. The number of esters is 1. The third kappa shape index (κ3) is 2.93. The smallest absolute Gasteiger partial charge is 0.306 e. The number of aliphatic carboxylic acids is 1. The van der Waals surface area contributed by atoms with E-state index in [1.165, 1.54) is 13.3 Å². The Balaban J connectivity index is 1.57. The van der Waals surface area contributed by atoms with Gasteiger partial charge in [0.1, 0.15) is 6.10 Å². The van der Waals surface area contributed by atoms with E-state index >= 15 is 0 Å². The number of carboxylic acid groups (broad SMARTS) is 1. The number of fused-ring (bicyclic) bond motifs is 5. The van der Waals surface area contributed by atoms with Gasteiger partial charge in [-0.05, 0) is 85.9 Å². The Morgan fingerprint density at radius 3 is 2.46 bits per heavy atom. The SMILES string of the molecule is CC(=O)O[C@H]1CC[C@@]2(C)C(CC=C3C2CC[C@@]2(C)C3CCC2[C@H](C)C(=O)O)C1. The molecule has 0 heterocycles. The predicted molar refractivity (Wildman–Crippen MR) is 108 cm³/mol. The van der Waals surface area contributed by atoms with E-state index < -0.39 is 5.97 Å². The quantitative estimate of drug-likeness (QED) is 0.532. The van der Waals surface area contributed by atoms with E-state index in [2.05, 4.69) is 19.9 Å². The van der Waals surface area contributed by atoms with E-state index in [4.69, 9.17) is 4.74 Å². The molecule has 28 heavy (non-hydrogen) atoms. The lowest BCUT2D eigenvalue weighted by atomic mass is 9.47. The number of ether oxygens (including phenoxy) is 1. The number of carbonyl (C=O) groups excluding carboxylic acids is 1. The molecule has 4 unspecified atom stereocenters. The molecule has 4 nitrogen and oxygen atoms in total. The maximum Gasteiger partial charge on any atom is 0.306 e. The van der Waals surface area contributed by atoms with E-state index in [-0.39, 0.29) is 23.4 Å². The number of carboxylic acids is 1. The van der Waals surface area contributed by atoms with E-state index in [1.807, 2.05) is 6.92 Å². The highest BCUT2D eigenvalue weighted by Crippen LogP contribution is 2.66. The molecule has 4 heteroatoms. The first kappa shape index (κ1) is 20.0. The zero-order valence-electron chi connectivity index (χ0n) is 17.9. The molecule has 0 aromatic heterocycles. The van der Waals surface area contributed by atoms with Gasteiger partial charge in [-0.3, -0.25) is 9.59 Å². The molecule has 4 aliphatic carbocycles. The van der Waals surface area contributed by atoms with Crippen molar-refractivity contribution < 1.29 is 19.4 Å². The number of hydrogen-bond acceptors (Lipinski definition) is 3. The summed E-state index contributed by atoms with van der Waals surface area (Å²) in [6.45, 7) is 8.28. The Bertz CT molecular complexity index is 697. The van der Waals surface area contributed by atoms with E-state index in [0.29, 0.717) is 29.1 Å². The first-order chi connectivity index (χ1) is 13.2. The van der Waals surface area contributed by atoms with Crippen LogP contribution in [0.5, 0.6) is 0 Å². The molecule has 0 aromatic carbocycles. The molecule has 1 N–H and O–H groups in total. The van der Waals surface area contributed by atoms with Crippen LogP contribution in [0, 0.1) is 40.4 Å². The van der Waals surface area contributed by atoms with Gasteiger partial charge in [0.15, 0.2) is 0 Å². The van der Waals surface area contributed by atoms with Gasteiger partial charge in [-0.1, -0.05) is 32.4 Å². The second-order valence-corrected chi connectivity index (χ2v) is 10.6. The Hall–Kier alpha value is -1.32. The van der Waals surface area contributed by atoms with Gasteiger partial charge in [0.05, 0.1) is 5.92 Å². The van der Waals surface area contributed by atoms with Crippen molar-refractivity contribution in [3.8, 4) is 0 Å². The van der Waals surface area contributed by atoms with Crippen LogP contribution in [0.1, 0.15) is 79.1 Å². The lowest BCUT2D eigenvalue weighted by Gasteiger charge is -2.57. The summed E-state index contributed by atoms with van der Waals surface area (Å²) < 4.78 is 5.55. The summed E-state index contributed by atoms with van der Waals surface area (Å²) in [7, 11) is 0. The molecule has 0 radical (unpaired) electrons. The van der Waals surface area contributed by atoms with Crippen LogP contribution in [0.2, 0.25) is 0 Å². The van der Waals surface area contributed by atoms with Crippen molar-refractivity contribution in [2.75, 3.05) is 0 Å². The van der Waals surface area contributed by atoms with Crippen LogP contribution in [-0.2, 0) is 14.3 Å². The fourth-order valence-corrected chi connectivity index (χ4v) is 7.85. The van der Waals surface area contributed by atoms with Crippen molar-refractivity contribution in [3.63, 3.8) is 0 Å². The van der Waals surface area contributed by atoms with Gasteiger partial charge < -0.3 is 9.84 Å². The molecule has 0 aromatic rings. The van der Waals surface area contributed by atoms with Crippen molar-refractivity contribution in [1.29, 1.82) is 0 Å². The zero-order valence-corrected chi connectivity index (χ0v) is 17.9. The normalized spacial score (nSPS) is 45.9. The van der Waals surface area contributed by atoms with Gasteiger partial charge in [0, 0.05) is 6.92 Å². The lowest BCUT2D eigenvalue weighted by Crippen LogP contribution is -2.50. The van der Waals surface area contributed by atoms with Crippen LogP contribution in [0.3, 0.4) is 0 Å². The van der Waals surface area contributed by atoms with Gasteiger partial charge in [0.25, 0.3) is 0 Å². The van der Waals surface area contributed by atoms with Crippen LogP contribution < -0.4 is 0 Å². The van der Waals surface area contributed by atoms with E-state index in [1.54, 1.807) is 5.57 Å². The Kier molecular flexibility index (Phi) is 4.91. The first-order valence-corrected chi connectivity index (χ1v) is 11.3. The highest BCUT2D eigenvalue weighted by Gasteiger charge is 2.58. The standard InChI is InChI=1S/C24H36O4/c1-14(22(26)27)19-7-8-20-18-6-5-16-13-17(28-15(2)25)9-11-23(16,3)21(18)10-12-24(19,20)4/h6,14,16-17,19-21H,5,7-13H2,1-4H3,(H,26,27)/t14-,16?,17-,19?,20?,21?,23-,24+/m0/s1. The molecule has 4 aliphatic rings. The van der Waals surface area contributed by atoms with Gasteiger partial charge in [-0.2, -0.15) is 0 Å². The third-order valence-electron chi connectivity index (χ3n) is 9.43. The van der Waals surface area contributed by atoms with Gasteiger partial charge in [-0.25, -0.2) is 0 Å². The fraction of sp³-hybridized carbons (Fsp3) is 0.833. The van der Waals surface area contributed by atoms with Crippen LogP contribution in [0.15, 0.2) is 11.6 Å². The highest BCUT2D eigenvalue weighted by molar-refractivity contribution is 5.70. The molecule has 8 atom stereocenters. The minimum absolute atomic E-state index is 0.0895. The first-order valence-electron chi connectivity index (χ1n) is 11.3. The maximum absolute atomic E-state index is 11.7. The molecule has 0 saturated heterocycles. The molecule has 4 rings (SSSR count). The molecule has 3 fully saturated rings. The topological polar surface area (TPSA) is 63.6 Å². The number of hydrogen-bond donors (Lipinski definition) is 1. The number of allylic oxidation sites excluding steroid dienone is 2. The largest absolute Gasteiger partial charge is 0.481 e. The van der Waals surface area contributed by atoms with Gasteiger partial charge in [-0.15, -0.1) is 0 Å². The van der Waals surface area contributed by atoms with Crippen molar-refractivity contribution >= 4 is 11.9 Å². The van der Waals surface area contributed by atoms with Crippen molar-refractivity contribution in [3.05, 3.63) is 11.6 Å². The number of rotatable bonds is 3. The second kappa shape index (κ2) is 6.88. The summed E-state index contributed by atoms with van der Waals surface area (Å²) in [6, 6.07) is 0. The summed E-state index contributed by atoms with van der Waals surface area (Å²) in [5.74, 6) is 1.03. The summed E-state index contributed by atoms with van der Waals surface area (Å²) in [4.78, 5) is 23.1. The molecule has 0 spiro atoms. The van der Waals surface area contributed by atoms with Crippen molar-refractivity contribution in [2.24, 2.45) is 40.4 Å². The second-order valence-electron chi connectivity index (χ2n) is 10.6. The summed E-state index contributed by atoms with van der Waals surface area (Å²) in [5, 5.41) is 9.61. The van der Waals surface area contributed by atoms with Gasteiger partial charge in [0.2, 0.25) is 0 Å². The molecule has 0 amide bonds. The minimum Gasteiger partial charge on any atom is -0.481 e. The van der Waals surface area contributed by atoms with Crippen LogP contribution >= 0.6 is 0 Å².